The van der Waals surface area contributed by atoms with Crippen LogP contribution in [-0.4, -0.2) is 12.4 Å². The standard InChI is InChI=1S/2C15H13I2NO.Cu/c2*1-10(11-5-3-2-4-6-11)18-9-12-7-13(16)8-14(17)15(12)19;/h2*2-10,19H,1H3;/q;;+2/p-2/t2*10-;/m00./s1. The monoisotopic (exact) mass is 1010 g/mol. The minimum atomic E-state index is 0. The summed E-state index contributed by atoms with van der Waals surface area (Å²) in [5.74, 6) is 0.0926. The summed E-state index contributed by atoms with van der Waals surface area (Å²) < 4.78 is 3.57. The Labute approximate surface area is 295 Å². The zero-order valence-corrected chi connectivity index (χ0v) is 30.5. The van der Waals surface area contributed by atoms with E-state index in [1.165, 1.54) is 0 Å². The number of benzene rings is 4. The molecule has 4 rings (SSSR count). The smallest absolute Gasteiger partial charge is 0.871 e. The van der Waals surface area contributed by atoms with Crippen LogP contribution in [0.1, 0.15) is 48.2 Å². The zero-order valence-electron chi connectivity index (χ0n) is 20.9. The molecule has 0 aromatic heterocycles. The SMILES string of the molecule is C[C@H](N=Cc1cc(I)cc(I)c1[O-])c1ccccc1.C[C@H](N=Cc1cc(I)cc(I)c1[O-])c1ccccc1.[Cu+2]. The molecule has 0 N–H and O–H groups in total. The van der Waals surface area contributed by atoms with Gasteiger partial charge in [0.25, 0.3) is 0 Å². The van der Waals surface area contributed by atoms with Gasteiger partial charge in [0, 0.05) is 26.7 Å². The molecule has 0 spiro atoms. The van der Waals surface area contributed by atoms with Crippen LogP contribution in [0.2, 0.25) is 0 Å². The van der Waals surface area contributed by atoms with E-state index in [9.17, 15) is 10.2 Å². The molecule has 0 aliphatic rings. The van der Waals surface area contributed by atoms with Crippen LogP contribution in [-0.2, 0) is 17.1 Å². The maximum Gasteiger partial charge on any atom is 2.00 e. The van der Waals surface area contributed by atoms with Gasteiger partial charge in [0.1, 0.15) is 0 Å². The van der Waals surface area contributed by atoms with Crippen molar-refractivity contribution in [2.75, 3.05) is 0 Å². The van der Waals surface area contributed by atoms with Gasteiger partial charge >= 0.3 is 17.1 Å². The molecule has 0 unspecified atom stereocenters. The first-order valence-electron chi connectivity index (χ1n) is 11.6. The molecule has 0 fully saturated rings. The average Bonchev–Trinajstić information content (AvgIpc) is 2.92. The van der Waals surface area contributed by atoms with Crippen molar-refractivity contribution in [3.05, 3.63) is 121 Å². The van der Waals surface area contributed by atoms with Crippen molar-refractivity contribution in [1.29, 1.82) is 0 Å². The van der Waals surface area contributed by atoms with Crippen LogP contribution < -0.4 is 10.2 Å². The second-order valence-corrected chi connectivity index (χ2v) is 13.2. The van der Waals surface area contributed by atoms with E-state index in [1.807, 2.05) is 98.8 Å². The van der Waals surface area contributed by atoms with Crippen LogP contribution in [0.5, 0.6) is 11.5 Å². The van der Waals surface area contributed by atoms with Crippen LogP contribution in [0.15, 0.2) is 94.9 Å². The third kappa shape index (κ3) is 10.9. The van der Waals surface area contributed by atoms with Gasteiger partial charge < -0.3 is 10.2 Å². The number of nitrogens with zero attached hydrogens (tertiary/aromatic N) is 2. The summed E-state index contributed by atoms with van der Waals surface area (Å²) in [6.45, 7) is 4.05. The fourth-order valence-corrected chi connectivity index (χ4v) is 7.15. The predicted molar refractivity (Wildman–Crippen MR) is 188 cm³/mol. The Bertz CT molecular complexity index is 1310. The topological polar surface area (TPSA) is 70.8 Å². The van der Waals surface area contributed by atoms with Gasteiger partial charge in [-0.2, -0.15) is 0 Å². The van der Waals surface area contributed by atoms with Gasteiger partial charge in [-0.25, -0.2) is 0 Å². The molecular weight excluding hydrogens is 992 g/mol. The molecule has 0 saturated heterocycles. The van der Waals surface area contributed by atoms with E-state index in [0.29, 0.717) is 11.1 Å². The maximum absolute atomic E-state index is 12.0. The van der Waals surface area contributed by atoms with E-state index in [0.717, 1.165) is 25.4 Å². The molecule has 205 valence electrons. The van der Waals surface area contributed by atoms with Crippen molar-refractivity contribution in [3.8, 4) is 11.5 Å². The molecule has 2 atom stereocenters. The quantitative estimate of drug-likeness (QED) is 0.111. The Balaban J connectivity index is 0.000000267. The largest absolute Gasteiger partial charge is 2.00 e. The molecule has 0 bridgehead atoms. The van der Waals surface area contributed by atoms with E-state index in [2.05, 4.69) is 100 Å². The normalized spacial score (nSPS) is 12.5. The van der Waals surface area contributed by atoms with Gasteiger partial charge in [-0.3, -0.25) is 9.98 Å². The van der Waals surface area contributed by atoms with Crippen LogP contribution in [0, 0.1) is 14.3 Å². The Hall–Kier alpha value is -0.741. The minimum absolute atomic E-state index is 0. The van der Waals surface area contributed by atoms with Gasteiger partial charge in [0.05, 0.1) is 12.1 Å². The average molecular weight is 1020 g/mol. The van der Waals surface area contributed by atoms with Crippen molar-refractivity contribution >= 4 is 103 Å². The Kier molecular flexibility index (Phi) is 15.3. The zero-order chi connectivity index (χ0) is 27.7. The van der Waals surface area contributed by atoms with Gasteiger partial charge in [0.15, 0.2) is 0 Å². The first-order chi connectivity index (χ1) is 18.2. The predicted octanol–water partition coefficient (Wildman–Crippen LogP) is 8.30. The molecule has 0 heterocycles. The second-order valence-electron chi connectivity index (χ2n) is 8.34. The first kappa shape index (κ1) is 34.5. The number of hydrogen-bond acceptors (Lipinski definition) is 4. The molecule has 0 saturated carbocycles. The van der Waals surface area contributed by atoms with E-state index in [1.54, 1.807) is 12.4 Å². The second kappa shape index (κ2) is 17.3. The molecule has 9 heteroatoms. The van der Waals surface area contributed by atoms with Gasteiger partial charge in [-0.1, -0.05) is 72.2 Å². The summed E-state index contributed by atoms with van der Waals surface area (Å²) in [5.41, 5.74) is 3.59. The fourth-order valence-electron chi connectivity index (χ4n) is 3.37. The molecule has 1 radical (unpaired) electrons. The third-order valence-corrected chi connectivity index (χ3v) is 8.36. The molecule has 0 amide bonds. The van der Waals surface area contributed by atoms with Crippen molar-refractivity contribution < 1.29 is 27.3 Å². The van der Waals surface area contributed by atoms with Crippen LogP contribution in [0.25, 0.3) is 0 Å². The molecule has 4 aromatic rings. The van der Waals surface area contributed by atoms with Gasteiger partial charge in [-0.05, 0) is 151 Å². The van der Waals surface area contributed by atoms with Crippen LogP contribution in [0.3, 0.4) is 0 Å². The van der Waals surface area contributed by atoms with Gasteiger partial charge in [-0.15, -0.1) is 0 Å². The summed E-state index contributed by atoms with van der Waals surface area (Å²) in [5, 5.41) is 23.9. The summed E-state index contributed by atoms with van der Waals surface area (Å²) in [4.78, 5) is 8.95. The minimum Gasteiger partial charge on any atom is -0.871 e. The number of hydrogen-bond donors (Lipinski definition) is 0. The fraction of sp³-hybridized carbons (Fsp3) is 0.133. The summed E-state index contributed by atoms with van der Waals surface area (Å²) in [6.07, 6.45) is 3.37. The van der Waals surface area contributed by atoms with Crippen molar-refractivity contribution in [3.63, 3.8) is 0 Å². The first-order valence-corrected chi connectivity index (χ1v) is 16.0. The third-order valence-electron chi connectivity index (χ3n) is 5.51. The summed E-state index contributed by atoms with van der Waals surface area (Å²) in [6, 6.07) is 27.7. The van der Waals surface area contributed by atoms with Crippen LogP contribution in [0.4, 0.5) is 0 Å². The van der Waals surface area contributed by atoms with E-state index in [-0.39, 0.29) is 40.7 Å². The Morgan fingerprint density at radius 2 is 0.923 bits per heavy atom. The molecule has 39 heavy (non-hydrogen) atoms. The number of aliphatic imine (C=N–C) groups is 2. The molecule has 4 nitrogen and oxygen atoms in total. The van der Waals surface area contributed by atoms with E-state index in [4.69, 9.17) is 0 Å². The van der Waals surface area contributed by atoms with E-state index < -0.39 is 0 Å². The number of rotatable bonds is 6. The molecule has 4 aromatic carbocycles. The summed E-state index contributed by atoms with van der Waals surface area (Å²) in [7, 11) is 0. The van der Waals surface area contributed by atoms with Crippen molar-refractivity contribution in [1.82, 2.24) is 0 Å². The Morgan fingerprint density at radius 1 is 0.590 bits per heavy atom. The Morgan fingerprint density at radius 3 is 1.26 bits per heavy atom. The summed E-state index contributed by atoms with van der Waals surface area (Å²) >= 11 is 8.55. The van der Waals surface area contributed by atoms with E-state index >= 15 is 0 Å². The number of halogens is 4. The maximum atomic E-state index is 12.0. The van der Waals surface area contributed by atoms with Crippen molar-refractivity contribution in [2.24, 2.45) is 9.98 Å². The molecule has 0 aliphatic heterocycles. The molecular formula is C30H24CuI4N2O2. The van der Waals surface area contributed by atoms with Crippen LogP contribution >= 0.6 is 90.4 Å². The molecule has 0 aliphatic carbocycles. The van der Waals surface area contributed by atoms with Gasteiger partial charge in [0.2, 0.25) is 0 Å². The van der Waals surface area contributed by atoms with Crippen molar-refractivity contribution in [2.45, 2.75) is 25.9 Å².